The Kier molecular flexibility index (Phi) is 6.92. The van der Waals surface area contributed by atoms with Crippen LogP contribution in [0.5, 0.6) is 0 Å². The first-order valence-electron chi connectivity index (χ1n) is 10.1. The van der Waals surface area contributed by atoms with Crippen LogP contribution in [0.3, 0.4) is 0 Å². The molecular formula is C21H33N3O2. The SMILES string of the molecule is C[C@@H](C(=O)NCc1ccc(N(C)C2CCCCC2)cc1)N1CCOCC1. The maximum absolute atomic E-state index is 12.4. The van der Waals surface area contributed by atoms with Crippen molar-refractivity contribution in [2.75, 3.05) is 38.3 Å². The normalized spacial score (nSPS) is 20.5. The first-order chi connectivity index (χ1) is 12.6. The number of ether oxygens (including phenoxy) is 1. The zero-order chi connectivity index (χ0) is 18.4. The summed E-state index contributed by atoms with van der Waals surface area (Å²) in [5.74, 6) is 0.0929. The second-order valence-electron chi connectivity index (χ2n) is 7.61. The minimum atomic E-state index is -0.101. The molecule has 1 atom stereocenters. The summed E-state index contributed by atoms with van der Waals surface area (Å²) < 4.78 is 5.36. The lowest BCUT2D eigenvalue weighted by Gasteiger charge is -2.33. The molecule has 1 aromatic carbocycles. The average Bonchev–Trinajstić information content (AvgIpc) is 2.72. The monoisotopic (exact) mass is 359 g/mol. The van der Waals surface area contributed by atoms with E-state index in [4.69, 9.17) is 4.74 Å². The topological polar surface area (TPSA) is 44.8 Å². The van der Waals surface area contributed by atoms with E-state index in [-0.39, 0.29) is 11.9 Å². The molecule has 26 heavy (non-hydrogen) atoms. The Balaban J connectivity index is 1.48. The van der Waals surface area contributed by atoms with Gasteiger partial charge in [-0.2, -0.15) is 0 Å². The molecule has 5 heteroatoms. The Hall–Kier alpha value is -1.59. The molecule has 0 bridgehead atoms. The lowest BCUT2D eigenvalue weighted by atomic mass is 9.94. The molecule has 1 heterocycles. The molecule has 1 aliphatic carbocycles. The Bertz CT molecular complexity index is 563. The number of anilines is 1. The third-order valence-electron chi connectivity index (χ3n) is 5.91. The molecule has 1 aliphatic heterocycles. The molecular weight excluding hydrogens is 326 g/mol. The molecule has 1 amide bonds. The highest BCUT2D eigenvalue weighted by Crippen LogP contribution is 2.26. The first-order valence-corrected chi connectivity index (χ1v) is 10.1. The van der Waals surface area contributed by atoms with Crippen LogP contribution in [0.1, 0.15) is 44.6 Å². The van der Waals surface area contributed by atoms with Gasteiger partial charge in [0.15, 0.2) is 0 Å². The number of carbonyl (C=O) groups excluding carboxylic acids is 1. The molecule has 0 aromatic heterocycles. The Morgan fingerprint density at radius 2 is 1.85 bits per heavy atom. The molecule has 0 spiro atoms. The van der Waals surface area contributed by atoms with Crippen molar-refractivity contribution in [2.45, 2.75) is 57.7 Å². The van der Waals surface area contributed by atoms with Crippen LogP contribution in [0.25, 0.3) is 0 Å². The Morgan fingerprint density at radius 1 is 1.19 bits per heavy atom. The van der Waals surface area contributed by atoms with Crippen LogP contribution in [0, 0.1) is 0 Å². The van der Waals surface area contributed by atoms with E-state index >= 15 is 0 Å². The predicted molar refractivity (Wildman–Crippen MR) is 105 cm³/mol. The summed E-state index contributed by atoms with van der Waals surface area (Å²) in [6, 6.07) is 9.20. The summed E-state index contributed by atoms with van der Waals surface area (Å²) in [4.78, 5) is 17.0. The molecule has 5 nitrogen and oxygen atoms in total. The number of morpholine rings is 1. The van der Waals surface area contributed by atoms with Crippen LogP contribution in [0.4, 0.5) is 5.69 Å². The van der Waals surface area contributed by atoms with Crippen molar-refractivity contribution in [3.8, 4) is 0 Å². The molecule has 3 rings (SSSR count). The van der Waals surface area contributed by atoms with Crippen LogP contribution in [0.2, 0.25) is 0 Å². The summed E-state index contributed by atoms with van der Waals surface area (Å²) in [6.07, 6.45) is 6.67. The summed E-state index contributed by atoms with van der Waals surface area (Å²) in [7, 11) is 2.21. The van der Waals surface area contributed by atoms with Gasteiger partial charge < -0.3 is 15.0 Å². The number of rotatable bonds is 6. The van der Waals surface area contributed by atoms with Gasteiger partial charge in [-0.3, -0.25) is 9.69 Å². The van der Waals surface area contributed by atoms with E-state index in [2.05, 4.69) is 46.4 Å². The van der Waals surface area contributed by atoms with Gasteiger partial charge in [-0.25, -0.2) is 0 Å². The van der Waals surface area contributed by atoms with Gasteiger partial charge in [-0.15, -0.1) is 0 Å². The minimum absolute atomic E-state index is 0.0929. The number of nitrogens with zero attached hydrogens (tertiary/aromatic N) is 2. The van der Waals surface area contributed by atoms with Crippen molar-refractivity contribution in [1.82, 2.24) is 10.2 Å². The lowest BCUT2D eigenvalue weighted by molar-refractivity contribution is -0.127. The van der Waals surface area contributed by atoms with Crippen LogP contribution < -0.4 is 10.2 Å². The van der Waals surface area contributed by atoms with Gasteiger partial charge in [0.2, 0.25) is 5.91 Å². The molecule has 2 fully saturated rings. The average molecular weight is 360 g/mol. The van der Waals surface area contributed by atoms with Gasteiger partial charge in [0.25, 0.3) is 0 Å². The number of carbonyl (C=O) groups is 1. The van der Waals surface area contributed by atoms with Gasteiger partial charge in [0.05, 0.1) is 19.3 Å². The molecule has 1 N–H and O–H groups in total. The van der Waals surface area contributed by atoms with Crippen LogP contribution in [-0.4, -0.2) is 56.2 Å². The van der Waals surface area contributed by atoms with Gasteiger partial charge >= 0.3 is 0 Å². The van der Waals surface area contributed by atoms with Gasteiger partial charge in [-0.1, -0.05) is 31.4 Å². The van der Waals surface area contributed by atoms with Crippen molar-refractivity contribution >= 4 is 11.6 Å². The second-order valence-corrected chi connectivity index (χ2v) is 7.61. The molecule has 0 radical (unpaired) electrons. The number of hydrogen-bond donors (Lipinski definition) is 1. The van der Waals surface area contributed by atoms with E-state index in [9.17, 15) is 4.79 Å². The fourth-order valence-corrected chi connectivity index (χ4v) is 4.00. The van der Waals surface area contributed by atoms with Gasteiger partial charge in [-0.05, 0) is 37.5 Å². The standard InChI is InChI=1S/C21H33N3O2/c1-17(24-12-14-26-15-13-24)21(25)22-16-18-8-10-20(11-9-18)23(2)19-6-4-3-5-7-19/h8-11,17,19H,3-7,12-16H2,1-2H3,(H,22,25)/t17-/m0/s1. The van der Waals surface area contributed by atoms with E-state index in [1.54, 1.807) is 0 Å². The smallest absolute Gasteiger partial charge is 0.237 e. The number of nitrogens with one attached hydrogen (secondary N) is 1. The highest BCUT2D eigenvalue weighted by Gasteiger charge is 2.23. The summed E-state index contributed by atoms with van der Waals surface area (Å²) in [5.41, 5.74) is 2.42. The number of amides is 1. The predicted octanol–water partition coefficient (Wildman–Crippen LogP) is 2.79. The largest absolute Gasteiger partial charge is 0.379 e. The van der Waals surface area contributed by atoms with Gasteiger partial charge in [0.1, 0.15) is 0 Å². The van der Waals surface area contributed by atoms with Crippen LogP contribution in [0.15, 0.2) is 24.3 Å². The lowest BCUT2D eigenvalue weighted by Crippen LogP contribution is -2.49. The zero-order valence-corrected chi connectivity index (χ0v) is 16.2. The van der Waals surface area contributed by atoms with Crippen molar-refractivity contribution in [3.05, 3.63) is 29.8 Å². The van der Waals surface area contributed by atoms with Crippen molar-refractivity contribution in [3.63, 3.8) is 0 Å². The minimum Gasteiger partial charge on any atom is -0.379 e. The number of hydrogen-bond acceptors (Lipinski definition) is 4. The highest BCUT2D eigenvalue weighted by atomic mass is 16.5. The Morgan fingerprint density at radius 3 is 2.50 bits per heavy atom. The molecule has 1 saturated carbocycles. The van der Waals surface area contributed by atoms with Crippen LogP contribution in [-0.2, 0) is 16.1 Å². The second kappa shape index (κ2) is 9.38. The highest BCUT2D eigenvalue weighted by molar-refractivity contribution is 5.81. The number of benzene rings is 1. The van der Waals surface area contributed by atoms with E-state index in [1.807, 2.05) is 6.92 Å². The van der Waals surface area contributed by atoms with E-state index in [0.29, 0.717) is 25.8 Å². The summed E-state index contributed by atoms with van der Waals surface area (Å²) in [6.45, 7) is 5.65. The summed E-state index contributed by atoms with van der Waals surface area (Å²) >= 11 is 0. The maximum Gasteiger partial charge on any atom is 0.237 e. The maximum atomic E-state index is 12.4. The Labute approximate surface area is 157 Å². The van der Waals surface area contributed by atoms with Gasteiger partial charge in [0, 0.05) is 38.4 Å². The van der Waals surface area contributed by atoms with Crippen molar-refractivity contribution in [2.24, 2.45) is 0 Å². The molecule has 144 valence electrons. The van der Waals surface area contributed by atoms with E-state index < -0.39 is 0 Å². The molecule has 1 aromatic rings. The third kappa shape index (κ3) is 4.98. The van der Waals surface area contributed by atoms with Crippen LogP contribution >= 0.6 is 0 Å². The van der Waals surface area contributed by atoms with Crippen molar-refractivity contribution in [1.29, 1.82) is 0 Å². The fourth-order valence-electron chi connectivity index (χ4n) is 4.00. The summed E-state index contributed by atoms with van der Waals surface area (Å²) in [5, 5.41) is 3.07. The molecule has 2 aliphatic rings. The first kappa shape index (κ1) is 19.2. The van der Waals surface area contributed by atoms with E-state index in [1.165, 1.54) is 37.8 Å². The molecule has 1 saturated heterocycles. The third-order valence-corrected chi connectivity index (χ3v) is 5.91. The zero-order valence-electron chi connectivity index (χ0n) is 16.2. The molecule has 0 unspecified atom stereocenters. The quantitative estimate of drug-likeness (QED) is 0.848. The van der Waals surface area contributed by atoms with E-state index in [0.717, 1.165) is 18.7 Å². The van der Waals surface area contributed by atoms with Crippen molar-refractivity contribution < 1.29 is 9.53 Å². The fraction of sp³-hybridized carbons (Fsp3) is 0.667.